The molecule has 4 rings (SSSR count). The zero-order valence-electron chi connectivity index (χ0n) is 14.9. The van der Waals surface area contributed by atoms with Gasteiger partial charge in [-0.2, -0.15) is 5.10 Å². The molecule has 0 aliphatic heterocycles. The van der Waals surface area contributed by atoms with E-state index in [1.807, 2.05) is 13.0 Å². The average Bonchev–Trinajstić information content (AvgIpc) is 3.32. The molecule has 0 unspecified atom stereocenters. The first-order valence-electron chi connectivity index (χ1n) is 8.27. The topological polar surface area (TPSA) is 133 Å². The lowest BCUT2D eigenvalue weighted by Gasteiger charge is -2.10. The number of halogens is 1. The summed E-state index contributed by atoms with van der Waals surface area (Å²) in [7, 11) is 0. The van der Waals surface area contributed by atoms with Gasteiger partial charge in [0.25, 0.3) is 5.91 Å². The van der Waals surface area contributed by atoms with Gasteiger partial charge in [0, 0.05) is 22.5 Å². The van der Waals surface area contributed by atoms with Crippen LogP contribution in [0, 0.1) is 6.92 Å². The van der Waals surface area contributed by atoms with Crippen molar-refractivity contribution in [2.24, 2.45) is 0 Å². The maximum Gasteiger partial charge on any atom is 0.409 e. The number of hydrogen-bond acceptors (Lipinski definition) is 6. The Hall–Kier alpha value is -3.50. The molecule has 0 fully saturated rings. The number of carbonyl (C=O) groups excluding carboxylic acids is 1. The quantitative estimate of drug-likeness (QED) is 0.356. The second kappa shape index (κ2) is 7.49. The van der Waals surface area contributed by atoms with Crippen LogP contribution < -0.4 is 10.6 Å². The van der Waals surface area contributed by atoms with E-state index in [1.165, 1.54) is 17.5 Å². The lowest BCUT2D eigenvalue weighted by Crippen LogP contribution is -2.12. The van der Waals surface area contributed by atoms with E-state index in [-0.39, 0.29) is 16.7 Å². The summed E-state index contributed by atoms with van der Waals surface area (Å²) < 4.78 is 0. The molecule has 29 heavy (non-hydrogen) atoms. The Labute approximate surface area is 172 Å². The number of carbonyl (C=O) groups is 2. The molecule has 0 saturated heterocycles. The van der Waals surface area contributed by atoms with E-state index < -0.39 is 6.09 Å². The zero-order valence-corrected chi connectivity index (χ0v) is 16.4. The minimum atomic E-state index is -1.25. The SMILES string of the molecule is Cc1nc(C(=O)Nc2cc(-c3cnc(Cl)c(NC(=O)O)c3)cc3[nH]ncc23)cs1. The second-order valence-electron chi connectivity index (χ2n) is 6.05. The smallest absolute Gasteiger partial charge is 0.409 e. The Balaban J connectivity index is 1.75. The summed E-state index contributed by atoms with van der Waals surface area (Å²) in [6.07, 6.45) is 1.88. The van der Waals surface area contributed by atoms with E-state index in [9.17, 15) is 9.59 Å². The first-order valence-corrected chi connectivity index (χ1v) is 9.53. The van der Waals surface area contributed by atoms with Crippen LogP contribution in [0.3, 0.4) is 0 Å². The van der Waals surface area contributed by atoms with Crippen LogP contribution in [0.25, 0.3) is 22.0 Å². The van der Waals surface area contributed by atoms with E-state index in [2.05, 4.69) is 30.8 Å². The number of benzene rings is 1. The van der Waals surface area contributed by atoms with Gasteiger partial charge in [-0.05, 0) is 30.7 Å². The van der Waals surface area contributed by atoms with Gasteiger partial charge < -0.3 is 10.4 Å². The van der Waals surface area contributed by atoms with Gasteiger partial charge in [-0.15, -0.1) is 11.3 Å². The van der Waals surface area contributed by atoms with Crippen molar-refractivity contribution in [2.75, 3.05) is 10.6 Å². The van der Waals surface area contributed by atoms with Gasteiger partial charge in [0.1, 0.15) is 5.69 Å². The molecule has 0 radical (unpaired) electrons. The third-order valence-corrected chi connectivity index (χ3v) is 5.15. The summed E-state index contributed by atoms with van der Waals surface area (Å²) in [6, 6.07) is 5.14. The monoisotopic (exact) mass is 428 g/mol. The van der Waals surface area contributed by atoms with Crippen molar-refractivity contribution in [3.05, 3.63) is 51.8 Å². The summed E-state index contributed by atoms with van der Waals surface area (Å²) in [4.78, 5) is 31.7. The second-order valence-corrected chi connectivity index (χ2v) is 7.47. The fourth-order valence-corrected chi connectivity index (χ4v) is 3.53. The summed E-state index contributed by atoms with van der Waals surface area (Å²) in [5.74, 6) is -0.337. The minimum absolute atomic E-state index is 0.0335. The molecule has 0 aliphatic carbocycles. The molecule has 0 spiro atoms. The van der Waals surface area contributed by atoms with Crippen molar-refractivity contribution in [2.45, 2.75) is 6.92 Å². The van der Waals surface area contributed by atoms with Crippen molar-refractivity contribution in [3.63, 3.8) is 0 Å². The molecule has 0 aliphatic rings. The molecule has 9 nitrogen and oxygen atoms in total. The van der Waals surface area contributed by atoms with Crippen LogP contribution in [0.4, 0.5) is 16.2 Å². The number of nitrogens with one attached hydrogen (secondary N) is 3. The zero-order chi connectivity index (χ0) is 20.5. The Morgan fingerprint density at radius 1 is 1.14 bits per heavy atom. The highest BCUT2D eigenvalue weighted by molar-refractivity contribution is 7.09. The molecule has 0 atom stereocenters. The highest BCUT2D eigenvalue weighted by atomic mass is 35.5. The summed E-state index contributed by atoms with van der Waals surface area (Å²) in [5, 5.41) is 24.2. The minimum Gasteiger partial charge on any atom is -0.465 e. The highest BCUT2D eigenvalue weighted by Gasteiger charge is 2.15. The maximum absolute atomic E-state index is 12.6. The Kier molecular flexibility index (Phi) is 4.87. The van der Waals surface area contributed by atoms with Gasteiger partial charge in [0.2, 0.25) is 0 Å². The van der Waals surface area contributed by atoms with Crippen molar-refractivity contribution in [3.8, 4) is 11.1 Å². The normalized spacial score (nSPS) is 10.8. The molecule has 0 bridgehead atoms. The molecule has 2 amide bonds. The third kappa shape index (κ3) is 3.89. The summed E-state index contributed by atoms with van der Waals surface area (Å²) in [5.41, 5.74) is 3.00. The predicted octanol–water partition coefficient (Wildman–Crippen LogP) is 4.39. The molecule has 4 N–H and O–H groups in total. The van der Waals surface area contributed by atoms with Crippen LogP contribution in [-0.2, 0) is 0 Å². The van der Waals surface area contributed by atoms with Crippen molar-refractivity contribution in [1.82, 2.24) is 20.2 Å². The predicted molar refractivity (Wildman–Crippen MR) is 111 cm³/mol. The number of fused-ring (bicyclic) bond motifs is 1. The van der Waals surface area contributed by atoms with E-state index >= 15 is 0 Å². The van der Waals surface area contributed by atoms with Crippen molar-refractivity contribution >= 4 is 57.2 Å². The van der Waals surface area contributed by atoms with Gasteiger partial charge in [-0.3, -0.25) is 15.2 Å². The number of H-pyrrole nitrogens is 1. The number of amides is 2. The summed E-state index contributed by atoms with van der Waals surface area (Å²) >= 11 is 7.35. The molecule has 3 aromatic heterocycles. The van der Waals surface area contributed by atoms with Crippen LogP contribution in [0.2, 0.25) is 5.15 Å². The number of aromatic nitrogens is 4. The van der Waals surface area contributed by atoms with E-state index in [0.29, 0.717) is 28.0 Å². The standard InChI is InChI=1S/C18H13ClN6O3S/c1-8-22-15(7-29-8)17(26)23-12-2-9(3-13-11(12)6-21-25-13)10-4-14(24-18(27)28)16(19)20-5-10/h2-7,24H,1H3,(H,21,25)(H,23,26)(H,27,28). The van der Waals surface area contributed by atoms with Gasteiger partial charge in [-0.25, -0.2) is 14.8 Å². The average molecular weight is 429 g/mol. The number of thiazole rings is 1. The lowest BCUT2D eigenvalue weighted by atomic mass is 10.0. The molecule has 146 valence electrons. The highest BCUT2D eigenvalue weighted by Crippen LogP contribution is 2.32. The van der Waals surface area contributed by atoms with Gasteiger partial charge in [-0.1, -0.05) is 11.6 Å². The first kappa shape index (κ1) is 18.8. The van der Waals surface area contributed by atoms with Gasteiger partial charge >= 0.3 is 6.09 Å². The number of hydrogen-bond donors (Lipinski definition) is 4. The number of rotatable bonds is 4. The molecule has 11 heteroatoms. The largest absolute Gasteiger partial charge is 0.465 e. The summed E-state index contributed by atoms with van der Waals surface area (Å²) in [6.45, 7) is 1.83. The van der Waals surface area contributed by atoms with Gasteiger partial charge in [0.15, 0.2) is 5.15 Å². The molecular formula is C18H13ClN6O3S. The maximum atomic E-state index is 12.6. The van der Waals surface area contributed by atoms with E-state index in [4.69, 9.17) is 16.7 Å². The number of aryl methyl sites for hydroxylation is 1. The van der Waals surface area contributed by atoms with E-state index in [0.717, 1.165) is 10.4 Å². The molecule has 1 aromatic carbocycles. The Morgan fingerprint density at radius 3 is 2.66 bits per heavy atom. The number of anilines is 2. The fraction of sp³-hybridized carbons (Fsp3) is 0.0556. The van der Waals surface area contributed by atoms with Crippen LogP contribution in [-0.4, -0.2) is 37.3 Å². The number of carboxylic acid groups (broad SMARTS) is 1. The van der Waals surface area contributed by atoms with Crippen molar-refractivity contribution < 1.29 is 14.7 Å². The fourth-order valence-electron chi connectivity index (χ4n) is 2.78. The number of nitrogens with zero attached hydrogens (tertiary/aromatic N) is 3. The number of aromatic amines is 1. The van der Waals surface area contributed by atoms with Crippen molar-refractivity contribution in [1.29, 1.82) is 0 Å². The van der Waals surface area contributed by atoms with E-state index in [1.54, 1.807) is 23.7 Å². The Bertz CT molecular complexity index is 1250. The molecular weight excluding hydrogens is 416 g/mol. The molecule has 3 heterocycles. The van der Waals surface area contributed by atoms with Crippen LogP contribution in [0.15, 0.2) is 36.0 Å². The molecule has 0 saturated carbocycles. The first-order chi connectivity index (χ1) is 13.9. The number of pyridine rings is 1. The Morgan fingerprint density at radius 2 is 1.93 bits per heavy atom. The molecule has 4 aromatic rings. The van der Waals surface area contributed by atoms with Crippen LogP contribution in [0.1, 0.15) is 15.5 Å². The van der Waals surface area contributed by atoms with Crippen LogP contribution in [0.5, 0.6) is 0 Å². The third-order valence-electron chi connectivity index (χ3n) is 4.07. The van der Waals surface area contributed by atoms with Gasteiger partial charge in [0.05, 0.1) is 28.1 Å². The lowest BCUT2D eigenvalue weighted by molar-refractivity contribution is 0.102. The van der Waals surface area contributed by atoms with Crippen LogP contribution >= 0.6 is 22.9 Å².